The molecule has 0 saturated heterocycles. The van der Waals surface area contributed by atoms with E-state index >= 15 is 0 Å². The Balaban J connectivity index is 0.928. The van der Waals surface area contributed by atoms with Crippen LogP contribution in [0.4, 0.5) is 17.1 Å². The molecule has 69 heavy (non-hydrogen) atoms. The fourth-order valence-electron chi connectivity index (χ4n) is 11.7. The van der Waals surface area contributed by atoms with Gasteiger partial charge in [0, 0.05) is 28.2 Å². The highest BCUT2D eigenvalue weighted by atomic mass is 16.5. The third kappa shape index (κ3) is 5.99. The van der Waals surface area contributed by atoms with Crippen LogP contribution in [0.15, 0.2) is 261 Å². The summed E-state index contributed by atoms with van der Waals surface area (Å²) in [5, 5.41) is 0. The highest BCUT2D eigenvalue weighted by Crippen LogP contribution is 2.62. The molecule has 3 aliphatic rings. The Morgan fingerprint density at radius 1 is 0.232 bits per heavy atom. The zero-order valence-electron chi connectivity index (χ0n) is 37.7. The molecule has 0 atom stereocenters. The number of ether oxygens (including phenoxy) is 1. The monoisotopic (exact) mass is 877 g/mol. The summed E-state index contributed by atoms with van der Waals surface area (Å²) in [5.74, 6) is 1.71. The molecule has 322 valence electrons. The molecule has 0 aromatic heterocycles. The van der Waals surface area contributed by atoms with Gasteiger partial charge in [-0.15, -0.1) is 0 Å². The van der Waals surface area contributed by atoms with Crippen LogP contribution >= 0.6 is 0 Å². The molecular weight excluding hydrogens is 835 g/mol. The summed E-state index contributed by atoms with van der Waals surface area (Å²) >= 11 is 0. The van der Waals surface area contributed by atoms with E-state index in [1.807, 2.05) is 12.1 Å². The van der Waals surface area contributed by atoms with Crippen LogP contribution in [0.1, 0.15) is 22.3 Å². The molecule has 1 heterocycles. The van der Waals surface area contributed by atoms with Crippen molar-refractivity contribution < 1.29 is 4.74 Å². The van der Waals surface area contributed by atoms with E-state index in [0.717, 1.165) is 56.4 Å². The molecule has 2 aliphatic carbocycles. The van der Waals surface area contributed by atoms with Crippen LogP contribution in [-0.4, -0.2) is 0 Å². The Morgan fingerprint density at radius 3 is 1.16 bits per heavy atom. The molecule has 0 unspecified atom stereocenters. The number of hydrogen-bond donors (Lipinski definition) is 0. The van der Waals surface area contributed by atoms with Crippen molar-refractivity contribution in [2.45, 2.75) is 5.41 Å². The molecule has 0 fully saturated rings. The second-order valence-corrected chi connectivity index (χ2v) is 18.3. The van der Waals surface area contributed by atoms with Crippen LogP contribution in [0.3, 0.4) is 0 Å². The first-order valence-electron chi connectivity index (χ1n) is 23.8. The second-order valence-electron chi connectivity index (χ2n) is 18.3. The van der Waals surface area contributed by atoms with Gasteiger partial charge in [0.2, 0.25) is 0 Å². The average molecular weight is 878 g/mol. The van der Waals surface area contributed by atoms with Gasteiger partial charge in [-0.3, -0.25) is 0 Å². The van der Waals surface area contributed by atoms with Crippen molar-refractivity contribution in [2.75, 3.05) is 4.90 Å². The van der Waals surface area contributed by atoms with Crippen molar-refractivity contribution in [1.82, 2.24) is 0 Å². The van der Waals surface area contributed by atoms with Crippen molar-refractivity contribution in [1.29, 1.82) is 0 Å². The van der Waals surface area contributed by atoms with E-state index in [4.69, 9.17) is 4.74 Å². The van der Waals surface area contributed by atoms with Gasteiger partial charge in [0.1, 0.15) is 11.5 Å². The molecule has 2 heteroatoms. The number of hydrogen-bond acceptors (Lipinski definition) is 2. The number of fused-ring (bicyclic) bond motifs is 17. The predicted molar refractivity (Wildman–Crippen MR) is 285 cm³/mol. The lowest BCUT2D eigenvalue weighted by molar-refractivity contribution is 0.488. The van der Waals surface area contributed by atoms with E-state index in [2.05, 4.69) is 254 Å². The Kier molecular flexibility index (Phi) is 8.84. The summed E-state index contributed by atoms with van der Waals surface area (Å²) in [6.07, 6.45) is 0. The van der Waals surface area contributed by atoms with Crippen LogP contribution in [0.5, 0.6) is 11.5 Å². The summed E-state index contributed by atoms with van der Waals surface area (Å²) in [5.41, 5.74) is 24.7. The predicted octanol–water partition coefficient (Wildman–Crippen LogP) is 17.9. The molecule has 1 aliphatic heterocycles. The smallest absolute Gasteiger partial charge is 0.135 e. The lowest BCUT2D eigenvalue weighted by atomic mass is 9.65. The third-order valence-corrected chi connectivity index (χ3v) is 14.7. The maximum Gasteiger partial charge on any atom is 0.135 e. The maximum atomic E-state index is 6.59. The highest BCUT2D eigenvalue weighted by Gasteiger charge is 2.49. The van der Waals surface area contributed by atoms with Crippen molar-refractivity contribution in [3.05, 3.63) is 283 Å². The van der Waals surface area contributed by atoms with E-state index in [1.165, 1.54) is 72.3 Å². The first-order valence-corrected chi connectivity index (χ1v) is 23.8. The van der Waals surface area contributed by atoms with Crippen molar-refractivity contribution in [3.63, 3.8) is 0 Å². The lowest BCUT2D eigenvalue weighted by Gasteiger charge is -2.35. The molecule has 0 amide bonds. The average Bonchev–Trinajstić information content (AvgIpc) is 3.56. The molecule has 14 rings (SSSR count). The van der Waals surface area contributed by atoms with Gasteiger partial charge in [0.25, 0.3) is 0 Å². The Morgan fingerprint density at radius 2 is 0.594 bits per heavy atom. The molecule has 11 aromatic carbocycles. The van der Waals surface area contributed by atoms with Crippen LogP contribution in [0.25, 0.3) is 77.9 Å². The van der Waals surface area contributed by atoms with Gasteiger partial charge in [-0.25, -0.2) is 0 Å². The molecule has 11 aromatic rings. The van der Waals surface area contributed by atoms with Crippen LogP contribution < -0.4 is 9.64 Å². The van der Waals surface area contributed by atoms with Gasteiger partial charge in [-0.2, -0.15) is 0 Å². The molecule has 1 spiro atoms. The van der Waals surface area contributed by atoms with E-state index in [0.29, 0.717) is 0 Å². The normalized spacial score (nSPS) is 12.9. The lowest BCUT2D eigenvalue weighted by Crippen LogP contribution is -2.29. The third-order valence-electron chi connectivity index (χ3n) is 14.7. The number of rotatable bonds is 5. The van der Waals surface area contributed by atoms with E-state index in [9.17, 15) is 0 Å². The first-order chi connectivity index (χ1) is 34.2. The first kappa shape index (κ1) is 39.2. The molecular formula is C67H43NO. The second kappa shape index (κ2) is 15.6. The van der Waals surface area contributed by atoms with Crippen LogP contribution in [0.2, 0.25) is 0 Å². The molecule has 0 radical (unpaired) electrons. The van der Waals surface area contributed by atoms with Gasteiger partial charge in [0.05, 0.1) is 5.41 Å². The Bertz CT molecular complexity index is 3740. The number of anilines is 3. The van der Waals surface area contributed by atoms with E-state index < -0.39 is 5.41 Å². The van der Waals surface area contributed by atoms with Gasteiger partial charge >= 0.3 is 0 Å². The fourth-order valence-corrected chi connectivity index (χ4v) is 11.7. The van der Waals surface area contributed by atoms with Gasteiger partial charge in [0.15, 0.2) is 0 Å². The van der Waals surface area contributed by atoms with Gasteiger partial charge in [-0.1, -0.05) is 206 Å². The Labute approximate surface area is 402 Å². The van der Waals surface area contributed by atoms with Gasteiger partial charge in [-0.05, 0) is 144 Å². The van der Waals surface area contributed by atoms with E-state index in [1.54, 1.807) is 0 Å². The standard InChI is InChI=1S/C67H43NO/c1-2-16-44(17-3-1)45-30-35-48(36-31-45)68(50-39-41-53-58-23-9-14-28-65(58)69-66-29-15-10-24-59(66)60(53)43-50)49-37-32-46(33-38-49)47-34-40-57-56-22-8-13-27-63(56)67(64(57)42-47)61-25-11-6-20-54(61)51-18-4-5-19-52(51)55-21-7-12-26-62(55)67/h1-43H. The van der Waals surface area contributed by atoms with Crippen molar-refractivity contribution >= 4 is 17.1 Å². The summed E-state index contributed by atoms with van der Waals surface area (Å²) < 4.78 is 6.59. The van der Waals surface area contributed by atoms with Crippen LogP contribution in [-0.2, 0) is 5.41 Å². The maximum absolute atomic E-state index is 6.59. The summed E-state index contributed by atoms with van der Waals surface area (Å²) in [6, 6.07) is 95.7. The van der Waals surface area contributed by atoms with E-state index in [-0.39, 0.29) is 0 Å². The molecule has 0 bridgehead atoms. The summed E-state index contributed by atoms with van der Waals surface area (Å²) in [7, 11) is 0. The number of nitrogens with zero attached hydrogens (tertiary/aromatic N) is 1. The minimum atomic E-state index is -0.535. The molecule has 2 nitrogen and oxygen atoms in total. The summed E-state index contributed by atoms with van der Waals surface area (Å²) in [6.45, 7) is 0. The van der Waals surface area contributed by atoms with Crippen molar-refractivity contribution in [3.8, 4) is 89.4 Å². The minimum Gasteiger partial charge on any atom is -0.456 e. The zero-order valence-corrected chi connectivity index (χ0v) is 37.7. The SMILES string of the molecule is c1ccc(-c2ccc(N(c3ccc(-c4ccc5c(c4)C4(c6ccccc6-c6ccccc6-c6ccccc64)c4ccccc4-5)cc3)c3ccc4c(c3)-c3ccccc3Oc3ccccc3-4)cc2)cc1. The Hall–Kier alpha value is -8.98. The zero-order chi connectivity index (χ0) is 45.5. The topological polar surface area (TPSA) is 12.5 Å². The van der Waals surface area contributed by atoms with Crippen LogP contribution in [0, 0.1) is 0 Å². The van der Waals surface area contributed by atoms with Gasteiger partial charge < -0.3 is 9.64 Å². The largest absolute Gasteiger partial charge is 0.456 e. The fraction of sp³-hybridized carbons (Fsp3) is 0.0149. The summed E-state index contributed by atoms with van der Waals surface area (Å²) in [4.78, 5) is 2.38. The molecule has 0 saturated carbocycles. The molecule has 0 N–H and O–H groups in total. The quantitative estimate of drug-likeness (QED) is 0.171. The minimum absolute atomic E-state index is 0.535. The van der Waals surface area contributed by atoms with Crippen molar-refractivity contribution in [2.24, 2.45) is 0 Å². The highest BCUT2D eigenvalue weighted by molar-refractivity contribution is 5.98. The number of para-hydroxylation sites is 2. The number of benzene rings is 11.